The quantitative estimate of drug-likeness (QED) is 0.409. The van der Waals surface area contributed by atoms with Crippen molar-refractivity contribution in [1.82, 2.24) is 4.90 Å². The largest absolute Gasteiger partial charge is 0.540 e. The Balaban J connectivity index is 0.000000478. The Hall–Kier alpha value is -1.65. The number of ether oxygens (including phenoxy) is 1. The van der Waals surface area contributed by atoms with Crippen molar-refractivity contribution in [3.8, 4) is 5.75 Å². The van der Waals surface area contributed by atoms with Gasteiger partial charge in [-0.3, -0.25) is 4.79 Å². The van der Waals surface area contributed by atoms with Crippen LogP contribution in [0.1, 0.15) is 19.4 Å². The third-order valence-corrected chi connectivity index (χ3v) is 2.73. The Bertz CT molecular complexity index is 535. The summed E-state index contributed by atoms with van der Waals surface area (Å²) in [5, 5.41) is 8.36. The van der Waals surface area contributed by atoms with E-state index in [1.165, 1.54) is 19.9 Å². The van der Waals surface area contributed by atoms with Crippen molar-refractivity contribution in [3.05, 3.63) is 41.7 Å². The molecule has 0 aliphatic carbocycles. The molecule has 0 unspecified atom stereocenters. The molecule has 1 aromatic carbocycles. The van der Waals surface area contributed by atoms with Crippen molar-refractivity contribution in [1.29, 1.82) is 0 Å². The van der Waals surface area contributed by atoms with Gasteiger partial charge in [-0.2, -0.15) is 0 Å². The maximum Gasteiger partial charge on any atom is 0.155 e. The topological polar surface area (TPSA) is 62.1 Å². The Morgan fingerprint density at radius 2 is 2.14 bits per heavy atom. The van der Waals surface area contributed by atoms with Gasteiger partial charge in [0.05, 0.1) is 12.9 Å². The van der Waals surface area contributed by atoms with E-state index in [0.29, 0.717) is 0 Å². The molecule has 0 spiro atoms. The number of carbonyl (C=O) groups is 1. The molecule has 0 fully saturated rings. The molecule has 1 aromatic rings. The standard InChI is InChI=1S/C11H13N2O.C5H8O2.Ir/c1-13-8-7-12-11(13)9-3-5-10(14-2)6-4-9;1-4(6)3-5(2)7;/h3,5-6H,7-8H2,1-2H3;3,6H,1-2H3;/q-1;;/b;4-3-;. The Morgan fingerprint density at radius 1 is 1.45 bits per heavy atom. The van der Waals surface area contributed by atoms with E-state index < -0.39 is 0 Å². The van der Waals surface area contributed by atoms with Crippen LogP contribution in [0.3, 0.4) is 0 Å². The minimum Gasteiger partial charge on any atom is -0.540 e. The first-order valence-corrected chi connectivity index (χ1v) is 6.63. The maximum absolute atomic E-state index is 10.0. The molecule has 0 aromatic heterocycles. The summed E-state index contributed by atoms with van der Waals surface area (Å²) in [7, 11) is 3.70. The monoisotopic (exact) mass is 482 g/mol. The van der Waals surface area contributed by atoms with Crippen LogP contribution in [0.5, 0.6) is 5.75 Å². The van der Waals surface area contributed by atoms with Crippen molar-refractivity contribution >= 4 is 11.6 Å². The van der Waals surface area contributed by atoms with Crippen LogP contribution < -0.4 is 4.74 Å². The van der Waals surface area contributed by atoms with Crippen LogP contribution in [0.2, 0.25) is 0 Å². The molecule has 0 saturated heterocycles. The number of aliphatic hydroxyl groups excluding tert-OH is 1. The van der Waals surface area contributed by atoms with Crippen LogP contribution in [0, 0.1) is 6.07 Å². The number of hydrogen-bond acceptors (Lipinski definition) is 5. The molecular formula is C16H21IrN2O3-. The molecule has 6 heteroatoms. The molecule has 0 saturated carbocycles. The van der Waals surface area contributed by atoms with Gasteiger partial charge in [-0.05, 0) is 20.9 Å². The van der Waals surface area contributed by atoms with Gasteiger partial charge in [-0.1, -0.05) is 0 Å². The van der Waals surface area contributed by atoms with Gasteiger partial charge in [0.25, 0.3) is 0 Å². The third-order valence-electron chi connectivity index (χ3n) is 2.73. The van der Waals surface area contributed by atoms with Crippen LogP contribution in [0.25, 0.3) is 0 Å². The second-order valence-corrected chi connectivity index (χ2v) is 4.67. The number of aliphatic hydroxyl groups is 1. The van der Waals surface area contributed by atoms with Crippen molar-refractivity contribution in [2.45, 2.75) is 13.8 Å². The molecule has 0 amide bonds. The molecular weight excluding hydrogens is 460 g/mol. The van der Waals surface area contributed by atoms with E-state index >= 15 is 0 Å². The Labute approximate surface area is 145 Å². The molecule has 22 heavy (non-hydrogen) atoms. The number of amidine groups is 1. The molecule has 5 nitrogen and oxygen atoms in total. The summed E-state index contributed by atoms with van der Waals surface area (Å²) in [6, 6.07) is 8.92. The summed E-state index contributed by atoms with van der Waals surface area (Å²) in [6.07, 6.45) is 1.17. The number of likely N-dealkylation sites (N-methyl/N-ethyl adjacent to an activating group) is 1. The molecule has 1 N–H and O–H groups in total. The van der Waals surface area contributed by atoms with E-state index in [1.807, 2.05) is 25.2 Å². The van der Waals surface area contributed by atoms with Crippen LogP contribution >= 0.6 is 0 Å². The van der Waals surface area contributed by atoms with E-state index in [9.17, 15) is 4.79 Å². The first-order chi connectivity index (χ1) is 9.93. The first-order valence-electron chi connectivity index (χ1n) is 6.63. The fraction of sp³-hybridized carbons (Fsp3) is 0.375. The predicted molar refractivity (Wildman–Crippen MR) is 82.9 cm³/mol. The minimum atomic E-state index is -0.125. The minimum absolute atomic E-state index is 0. The van der Waals surface area contributed by atoms with Crippen LogP contribution in [0.15, 0.2) is 35.0 Å². The van der Waals surface area contributed by atoms with Crippen LogP contribution in [-0.4, -0.2) is 48.9 Å². The normalized spacial score (nSPS) is 13.5. The van der Waals surface area contributed by atoms with E-state index in [0.717, 1.165) is 30.2 Å². The molecule has 0 bridgehead atoms. The number of ketones is 1. The van der Waals surface area contributed by atoms with Gasteiger partial charge in [0.1, 0.15) is 0 Å². The molecule has 0 atom stereocenters. The van der Waals surface area contributed by atoms with Gasteiger partial charge >= 0.3 is 0 Å². The average molecular weight is 482 g/mol. The number of methoxy groups -OCH3 is 1. The second-order valence-electron chi connectivity index (χ2n) is 4.67. The van der Waals surface area contributed by atoms with Gasteiger partial charge in [-0.25, -0.2) is 0 Å². The van der Waals surface area contributed by atoms with Gasteiger partial charge in [0, 0.05) is 50.9 Å². The summed E-state index contributed by atoms with van der Waals surface area (Å²) in [4.78, 5) is 16.6. The summed E-state index contributed by atoms with van der Waals surface area (Å²) >= 11 is 0. The van der Waals surface area contributed by atoms with Crippen molar-refractivity contribution in [3.63, 3.8) is 0 Å². The zero-order valence-corrected chi connectivity index (χ0v) is 15.6. The summed E-state index contributed by atoms with van der Waals surface area (Å²) in [5.74, 6) is 1.79. The Morgan fingerprint density at radius 3 is 2.45 bits per heavy atom. The van der Waals surface area contributed by atoms with Crippen LogP contribution in [-0.2, 0) is 24.9 Å². The van der Waals surface area contributed by atoms with Gasteiger partial charge in [0.15, 0.2) is 5.78 Å². The van der Waals surface area contributed by atoms with Crippen molar-refractivity contribution < 1.29 is 34.7 Å². The molecule has 1 radical (unpaired) electrons. The molecule has 123 valence electrons. The zero-order chi connectivity index (χ0) is 15.8. The fourth-order valence-corrected chi connectivity index (χ4v) is 1.79. The molecule has 1 heterocycles. The molecule has 1 aliphatic rings. The maximum atomic E-state index is 10.0. The number of aliphatic imine (C=N–C) groups is 1. The van der Waals surface area contributed by atoms with E-state index in [2.05, 4.69) is 16.0 Å². The molecule has 1 aliphatic heterocycles. The van der Waals surface area contributed by atoms with Crippen LogP contribution in [0.4, 0.5) is 0 Å². The predicted octanol–water partition coefficient (Wildman–Crippen LogP) is 2.22. The number of carbonyl (C=O) groups excluding carboxylic acids is 1. The number of benzene rings is 1. The van der Waals surface area contributed by atoms with Gasteiger partial charge < -0.3 is 19.7 Å². The zero-order valence-electron chi connectivity index (χ0n) is 13.2. The molecule has 2 rings (SSSR count). The SMILES string of the molecule is CC(=O)/C=C(/C)O.COc1c[c-]c(C2=NCCN2C)cc1.[Ir]. The van der Waals surface area contributed by atoms with E-state index in [4.69, 9.17) is 9.84 Å². The smallest absolute Gasteiger partial charge is 0.155 e. The average Bonchev–Trinajstić information content (AvgIpc) is 2.84. The van der Waals surface area contributed by atoms with Crippen molar-refractivity contribution in [2.75, 3.05) is 27.2 Å². The Kier molecular flexibility index (Phi) is 9.38. The van der Waals surface area contributed by atoms with E-state index in [1.54, 1.807) is 7.11 Å². The summed E-state index contributed by atoms with van der Waals surface area (Å²) < 4.78 is 5.07. The first kappa shape index (κ1) is 20.3. The van der Waals surface area contributed by atoms with Crippen molar-refractivity contribution in [2.24, 2.45) is 4.99 Å². The summed E-state index contributed by atoms with van der Waals surface area (Å²) in [5.41, 5.74) is 1.03. The second kappa shape index (κ2) is 10.1. The number of allylic oxidation sites excluding steroid dienone is 2. The fourth-order valence-electron chi connectivity index (χ4n) is 1.79. The van der Waals surface area contributed by atoms with Gasteiger partial charge in [0.2, 0.25) is 0 Å². The summed E-state index contributed by atoms with van der Waals surface area (Å²) in [6.45, 7) is 4.72. The third kappa shape index (κ3) is 6.87. The van der Waals surface area contributed by atoms with E-state index in [-0.39, 0.29) is 31.6 Å². The number of nitrogens with zero attached hydrogens (tertiary/aromatic N) is 2. The van der Waals surface area contributed by atoms with Gasteiger partial charge in [-0.15, -0.1) is 29.8 Å². The number of hydrogen-bond donors (Lipinski definition) is 1. The number of rotatable bonds is 3.